The summed E-state index contributed by atoms with van der Waals surface area (Å²) in [6.07, 6.45) is 1.78. The van der Waals surface area contributed by atoms with Gasteiger partial charge in [0.15, 0.2) is 0 Å². The number of likely N-dealkylation sites (N-methyl/N-ethyl adjacent to an activating group) is 1. The van der Waals surface area contributed by atoms with Gasteiger partial charge in [0.2, 0.25) is 0 Å². The number of H-pyrrole nitrogens is 1. The van der Waals surface area contributed by atoms with E-state index in [1.54, 1.807) is 6.33 Å². The Hall–Kier alpha value is -1.17. The standard InChI is InChI=1S/C15H24N4S/c1-12-5-6-14(20-12)9-19(8-7-18(3)4)10-15-13(2)16-11-17-15/h5-6,11H,7-10H2,1-4H3,(H,16,17). The molecular formula is C15H24N4S. The molecule has 0 unspecified atom stereocenters. The van der Waals surface area contributed by atoms with Crippen LogP contribution in [0.2, 0.25) is 0 Å². The van der Waals surface area contributed by atoms with Crippen molar-refractivity contribution >= 4 is 11.3 Å². The first-order valence-electron chi connectivity index (χ1n) is 6.96. The minimum atomic E-state index is 0.903. The van der Waals surface area contributed by atoms with Crippen molar-refractivity contribution in [1.29, 1.82) is 0 Å². The molecule has 0 aliphatic carbocycles. The highest BCUT2D eigenvalue weighted by molar-refractivity contribution is 7.11. The lowest BCUT2D eigenvalue weighted by Gasteiger charge is -2.23. The summed E-state index contributed by atoms with van der Waals surface area (Å²) in [7, 11) is 4.24. The lowest BCUT2D eigenvalue weighted by molar-refractivity contribution is 0.225. The third kappa shape index (κ3) is 4.44. The monoisotopic (exact) mass is 292 g/mol. The summed E-state index contributed by atoms with van der Waals surface area (Å²) in [5.41, 5.74) is 2.32. The normalized spacial score (nSPS) is 11.7. The summed E-state index contributed by atoms with van der Waals surface area (Å²) in [6, 6.07) is 4.43. The predicted octanol–water partition coefficient (Wildman–Crippen LogP) is 2.65. The highest BCUT2D eigenvalue weighted by Crippen LogP contribution is 2.18. The molecule has 2 aromatic rings. The van der Waals surface area contributed by atoms with Gasteiger partial charge in [-0.3, -0.25) is 4.90 Å². The van der Waals surface area contributed by atoms with Crippen LogP contribution in [-0.4, -0.2) is 47.0 Å². The molecule has 110 valence electrons. The van der Waals surface area contributed by atoms with Gasteiger partial charge < -0.3 is 9.88 Å². The Kier molecular flexibility index (Phi) is 5.34. The third-order valence-electron chi connectivity index (χ3n) is 3.35. The molecule has 0 saturated heterocycles. The van der Waals surface area contributed by atoms with Crippen molar-refractivity contribution < 1.29 is 0 Å². The Labute approximate surface area is 125 Å². The van der Waals surface area contributed by atoms with Gasteiger partial charge in [-0.05, 0) is 40.1 Å². The molecule has 2 aromatic heterocycles. The number of nitrogens with zero attached hydrogens (tertiary/aromatic N) is 3. The van der Waals surface area contributed by atoms with Crippen LogP contribution in [0.3, 0.4) is 0 Å². The summed E-state index contributed by atoms with van der Waals surface area (Å²) in [5.74, 6) is 0. The van der Waals surface area contributed by atoms with Crippen LogP contribution in [0.5, 0.6) is 0 Å². The van der Waals surface area contributed by atoms with E-state index in [0.717, 1.165) is 31.9 Å². The zero-order chi connectivity index (χ0) is 14.5. The maximum absolute atomic E-state index is 4.42. The average molecular weight is 292 g/mol. The van der Waals surface area contributed by atoms with Crippen LogP contribution < -0.4 is 0 Å². The molecule has 4 nitrogen and oxygen atoms in total. The van der Waals surface area contributed by atoms with Crippen LogP contribution in [0.25, 0.3) is 0 Å². The third-order valence-corrected chi connectivity index (χ3v) is 4.33. The Morgan fingerprint density at radius 2 is 1.95 bits per heavy atom. The van der Waals surface area contributed by atoms with E-state index in [1.165, 1.54) is 15.4 Å². The molecule has 0 fully saturated rings. The molecule has 5 heteroatoms. The van der Waals surface area contributed by atoms with Crippen molar-refractivity contribution in [3.8, 4) is 0 Å². The van der Waals surface area contributed by atoms with Crippen LogP contribution >= 0.6 is 11.3 Å². The van der Waals surface area contributed by atoms with Crippen molar-refractivity contribution in [2.75, 3.05) is 27.2 Å². The van der Waals surface area contributed by atoms with E-state index >= 15 is 0 Å². The van der Waals surface area contributed by atoms with E-state index in [4.69, 9.17) is 0 Å². The van der Waals surface area contributed by atoms with Gasteiger partial charge in [-0.1, -0.05) is 0 Å². The van der Waals surface area contributed by atoms with Crippen molar-refractivity contribution in [3.05, 3.63) is 39.6 Å². The lowest BCUT2D eigenvalue weighted by Crippen LogP contribution is -2.31. The van der Waals surface area contributed by atoms with Gasteiger partial charge in [0.25, 0.3) is 0 Å². The van der Waals surface area contributed by atoms with Gasteiger partial charge >= 0.3 is 0 Å². The molecule has 2 rings (SSSR count). The quantitative estimate of drug-likeness (QED) is 0.852. The number of aromatic amines is 1. The molecule has 0 amide bonds. The predicted molar refractivity (Wildman–Crippen MR) is 85.0 cm³/mol. The topological polar surface area (TPSA) is 35.2 Å². The fourth-order valence-corrected chi connectivity index (χ4v) is 3.04. The van der Waals surface area contributed by atoms with E-state index in [2.05, 4.69) is 59.8 Å². The second-order valence-electron chi connectivity index (χ2n) is 5.50. The van der Waals surface area contributed by atoms with Crippen LogP contribution in [0.4, 0.5) is 0 Å². The van der Waals surface area contributed by atoms with Gasteiger partial charge in [-0.25, -0.2) is 4.98 Å². The molecule has 0 aromatic carbocycles. The van der Waals surface area contributed by atoms with Gasteiger partial charge in [0.1, 0.15) is 0 Å². The molecule has 1 N–H and O–H groups in total. The molecule has 0 atom stereocenters. The fourth-order valence-electron chi connectivity index (χ4n) is 2.10. The van der Waals surface area contributed by atoms with Crippen LogP contribution in [-0.2, 0) is 13.1 Å². The average Bonchev–Trinajstić information content (AvgIpc) is 2.96. The number of imidazole rings is 1. The zero-order valence-corrected chi connectivity index (χ0v) is 13.6. The smallest absolute Gasteiger partial charge is 0.0925 e. The number of thiophene rings is 1. The first kappa shape index (κ1) is 15.2. The van der Waals surface area contributed by atoms with E-state index in [1.807, 2.05) is 11.3 Å². The second-order valence-corrected chi connectivity index (χ2v) is 6.87. The van der Waals surface area contributed by atoms with Crippen molar-refractivity contribution in [3.63, 3.8) is 0 Å². The number of hydrogen-bond donors (Lipinski definition) is 1. The summed E-state index contributed by atoms with van der Waals surface area (Å²) in [5, 5.41) is 0. The van der Waals surface area contributed by atoms with Crippen LogP contribution in [0.1, 0.15) is 21.1 Å². The van der Waals surface area contributed by atoms with Gasteiger partial charge in [-0.2, -0.15) is 0 Å². The van der Waals surface area contributed by atoms with E-state index in [9.17, 15) is 0 Å². The molecule has 0 bridgehead atoms. The van der Waals surface area contributed by atoms with E-state index in [0.29, 0.717) is 0 Å². The Morgan fingerprint density at radius 1 is 1.15 bits per heavy atom. The minimum absolute atomic E-state index is 0.903. The highest BCUT2D eigenvalue weighted by atomic mass is 32.1. The largest absolute Gasteiger partial charge is 0.348 e. The number of nitrogens with one attached hydrogen (secondary N) is 1. The van der Waals surface area contributed by atoms with Gasteiger partial charge in [0, 0.05) is 41.6 Å². The Bertz CT molecular complexity index is 529. The van der Waals surface area contributed by atoms with Crippen LogP contribution in [0, 0.1) is 13.8 Å². The van der Waals surface area contributed by atoms with Crippen molar-refractivity contribution in [2.24, 2.45) is 0 Å². The zero-order valence-electron chi connectivity index (χ0n) is 12.8. The number of hydrogen-bond acceptors (Lipinski definition) is 4. The lowest BCUT2D eigenvalue weighted by atomic mass is 10.3. The molecule has 0 aliphatic heterocycles. The van der Waals surface area contributed by atoms with Gasteiger partial charge in [-0.15, -0.1) is 11.3 Å². The van der Waals surface area contributed by atoms with Crippen LogP contribution in [0.15, 0.2) is 18.5 Å². The van der Waals surface area contributed by atoms with Crippen molar-refractivity contribution in [1.82, 2.24) is 19.8 Å². The van der Waals surface area contributed by atoms with E-state index in [-0.39, 0.29) is 0 Å². The highest BCUT2D eigenvalue weighted by Gasteiger charge is 2.11. The molecule has 0 radical (unpaired) electrons. The summed E-state index contributed by atoms with van der Waals surface area (Å²) in [6.45, 7) is 8.26. The summed E-state index contributed by atoms with van der Waals surface area (Å²) >= 11 is 1.88. The summed E-state index contributed by atoms with van der Waals surface area (Å²) < 4.78 is 0. The fraction of sp³-hybridized carbons (Fsp3) is 0.533. The second kappa shape index (κ2) is 7.02. The minimum Gasteiger partial charge on any atom is -0.348 e. The molecule has 0 aliphatic rings. The molecule has 2 heterocycles. The maximum atomic E-state index is 4.42. The first-order valence-corrected chi connectivity index (χ1v) is 7.77. The molecule has 0 saturated carbocycles. The Balaban J connectivity index is 2.02. The first-order chi connectivity index (χ1) is 9.54. The number of rotatable bonds is 7. The molecule has 0 spiro atoms. The van der Waals surface area contributed by atoms with Gasteiger partial charge in [0.05, 0.1) is 12.0 Å². The van der Waals surface area contributed by atoms with Crippen molar-refractivity contribution in [2.45, 2.75) is 26.9 Å². The number of aryl methyl sites for hydroxylation is 2. The Morgan fingerprint density at radius 3 is 2.50 bits per heavy atom. The number of aromatic nitrogens is 2. The molecular weight excluding hydrogens is 268 g/mol. The molecule has 20 heavy (non-hydrogen) atoms. The van der Waals surface area contributed by atoms with E-state index < -0.39 is 0 Å². The SMILES string of the molecule is Cc1ccc(CN(CCN(C)C)Cc2nc[nH]c2C)s1. The summed E-state index contributed by atoms with van der Waals surface area (Å²) in [4.78, 5) is 15.1. The maximum Gasteiger partial charge on any atom is 0.0925 e.